The molecular weight excluding hydrogens is 346 g/mol. The lowest BCUT2D eigenvalue weighted by Crippen LogP contribution is -2.21. The molecule has 0 radical (unpaired) electrons. The van der Waals surface area contributed by atoms with Gasteiger partial charge in [0.25, 0.3) is 5.91 Å². The average Bonchev–Trinajstić information content (AvgIpc) is 3.07. The lowest BCUT2D eigenvalue weighted by molar-refractivity contribution is -0.119. The highest BCUT2D eigenvalue weighted by Crippen LogP contribution is 2.34. The summed E-state index contributed by atoms with van der Waals surface area (Å²) in [6.07, 6.45) is 1.47. The fourth-order valence-corrected chi connectivity index (χ4v) is 3.00. The van der Waals surface area contributed by atoms with Crippen LogP contribution < -0.4 is 14.8 Å². The van der Waals surface area contributed by atoms with E-state index in [0.717, 1.165) is 0 Å². The summed E-state index contributed by atoms with van der Waals surface area (Å²) in [5.74, 6) is -0.0586. The Hall–Kier alpha value is -2.87. The van der Waals surface area contributed by atoms with Crippen molar-refractivity contribution in [2.45, 2.75) is 4.90 Å². The average molecular weight is 361 g/mol. The zero-order chi connectivity index (χ0) is 17.8. The van der Waals surface area contributed by atoms with Gasteiger partial charge in [0.1, 0.15) is 0 Å². The fourth-order valence-electron chi connectivity index (χ4n) is 2.27. The van der Waals surface area contributed by atoms with Gasteiger partial charge in [0, 0.05) is 18.0 Å². The zero-order valence-electron chi connectivity index (χ0n) is 13.3. The summed E-state index contributed by atoms with van der Waals surface area (Å²) >= 11 is 0. The minimum Gasteiger partial charge on any atom is -0.454 e. The van der Waals surface area contributed by atoms with Gasteiger partial charge in [-0.15, -0.1) is 0 Å². The van der Waals surface area contributed by atoms with Crippen LogP contribution in [-0.4, -0.2) is 35.7 Å². The van der Waals surface area contributed by atoms with Crippen LogP contribution in [-0.2, 0) is 20.3 Å². The highest BCUT2D eigenvalue weighted by atomic mass is 32.2. The minimum absolute atomic E-state index is 0.141. The second-order valence-electron chi connectivity index (χ2n) is 5.14. The lowest BCUT2D eigenvalue weighted by Gasteiger charge is -2.09. The van der Waals surface area contributed by atoms with E-state index < -0.39 is 29.3 Å². The minimum atomic E-state index is -1.33. The van der Waals surface area contributed by atoms with Crippen molar-refractivity contribution in [1.82, 2.24) is 0 Å². The van der Waals surface area contributed by atoms with Crippen LogP contribution in [0, 0.1) is 0 Å². The third-order valence-corrected chi connectivity index (χ3v) is 4.38. The number of hydrogen-bond acceptors (Lipinski definition) is 6. The van der Waals surface area contributed by atoms with E-state index in [4.69, 9.17) is 14.2 Å². The summed E-state index contributed by atoms with van der Waals surface area (Å²) in [7, 11) is -1.33. The summed E-state index contributed by atoms with van der Waals surface area (Å²) in [5, 5.41) is 2.60. The first kappa shape index (κ1) is 17.0. The van der Waals surface area contributed by atoms with Gasteiger partial charge in [0.2, 0.25) is 6.79 Å². The van der Waals surface area contributed by atoms with Crippen LogP contribution in [0.2, 0.25) is 0 Å². The maximum Gasteiger partial charge on any atom is 0.339 e. The van der Waals surface area contributed by atoms with Crippen molar-refractivity contribution < 1.29 is 28.0 Å². The third kappa shape index (κ3) is 3.97. The molecule has 0 saturated carbocycles. The van der Waals surface area contributed by atoms with Crippen LogP contribution in [0.3, 0.4) is 0 Å². The Morgan fingerprint density at radius 1 is 1.16 bits per heavy atom. The quantitative estimate of drug-likeness (QED) is 0.819. The summed E-state index contributed by atoms with van der Waals surface area (Å²) in [6, 6.07) is 11.4. The molecule has 1 amide bonds. The van der Waals surface area contributed by atoms with Gasteiger partial charge < -0.3 is 19.5 Å². The van der Waals surface area contributed by atoms with Gasteiger partial charge in [-0.3, -0.25) is 9.00 Å². The molecular formula is C17H15NO6S. The summed E-state index contributed by atoms with van der Waals surface area (Å²) in [6.45, 7) is -0.319. The number of amides is 1. The molecule has 25 heavy (non-hydrogen) atoms. The molecule has 2 aromatic rings. The number of fused-ring (bicyclic) bond motifs is 1. The smallest absolute Gasteiger partial charge is 0.339 e. The molecule has 1 aliphatic heterocycles. The van der Waals surface area contributed by atoms with Crippen LogP contribution in [0.5, 0.6) is 11.5 Å². The molecule has 130 valence electrons. The number of anilines is 1. The van der Waals surface area contributed by atoms with Crippen LogP contribution in [0.1, 0.15) is 10.4 Å². The van der Waals surface area contributed by atoms with E-state index in [2.05, 4.69) is 5.32 Å². The zero-order valence-corrected chi connectivity index (χ0v) is 14.1. The second kappa shape index (κ2) is 7.35. The number of ether oxygens (including phenoxy) is 3. The Morgan fingerprint density at radius 2 is 1.92 bits per heavy atom. The number of esters is 1. The van der Waals surface area contributed by atoms with Crippen molar-refractivity contribution in [2.24, 2.45) is 0 Å². The van der Waals surface area contributed by atoms with Crippen LogP contribution >= 0.6 is 0 Å². The van der Waals surface area contributed by atoms with Crippen molar-refractivity contribution >= 4 is 28.4 Å². The van der Waals surface area contributed by atoms with Gasteiger partial charge in [0.05, 0.1) is 21.3 Å². The standard InChI is InChI=1S/C17H15NO6S/c1-25(21)15-5-3-2-4-12(15)17(20)22-9-16(19)18-11-6-7-13-14(8-11)24-10-23-13/h2-8H,9-10H2,1H3,(H,18,19)/t25-/m0/s1. The molecule has 0 unspecified atom stereocenters. The topological polar surface area (TPSA) is 90.9 Å². The molecule has 1 atom stereocenters. The summed E-state index contributed by atoms with van der Waals surface area (Å²) in [4.78, 5) is 24.4. The lowest BCUT2D eigenvalue weighted by atomic mass is 10.2. The third-order valence-electron chi connectivity index (χ3n) is 3.41. The van der Waals surface area contributed by atoms with E-state index in [9.17, 15) is 13.8 Å². The van der Waals surface area contributed by atoms with Crippen LogP contribution in [0.4, 0.5) is 5.69 Å². The fraction of sp³-hybridized carbons (Fsp3) is 0.176. The van der Waals surface area contributed by atoms with Gasteiger partial charge in [-0.05, 0) is 24.3 Å². The molecule has 7 nitrogen and oxygen atoms in total. The molecule has 0 fully saturated rings. The number of rotatable bonds is 5. The van der Waals surface area contributed by atoms with Crippen molar-refractivity contribution in [3.63, 3.8) is 0 Å². The largest absolute Gasteiger partial charge is 0.454 e. The molecule has 0 aliphatic carbocycles. The van der Waals surface area contributed by atoms with Gasteiger partial charge in [0.15, 0.2) is 18.1 Å². The van der Waals surface area contributed by atoms with E-state index in [-0.39, 0.29) is 12.4 Å². The second-order valence-corrected chi connectivity index (χ2v) is 6.49. The molecule has 3 rings (SSSR count). The first-order valence-corrected chi connectivity index (χ1v) is 8.89. The van der Waals surface area contributed by atoms with E-state index in [1.54, 1.807) is 36.4 Å². The Labute approximate surface area is 146 Å². The normalized spacial score (nSPS) is 13.2. The van der Waals surface area contributed by atoms with Crippen LogP contribution in [0.25, 0.3) is 0 Å². The first-order chi connectivity index (χ1) is 12.0. The molecule has 8 heteroatoms. The van der Waals surface area contributed by atoms with Gasteiger partial charge in [-0.1, -0.05) is 12.1 Å². The van der Waals surface area contributed by atoms with Gasteiger partial charge in [-0.25, -0.2) is 4.79 Å². The Bertz CT molecular complexity index is 851. The summed E-state index contributed by atoms with van der Waals surface area (Å²) in [5.41, 5.74) is 0.680. The number of carbonyl (C=O) groups excluding carboxylic acids is 2. The maximum absolute atomic E-state index is 12.1. The maximum atomic E-state index is 12.1. The molecule has 0 spiro atoms. The van der Waals surface area contributed by atoms with E-state index in [1.165, 1.54) is 12.3 Å². The Kier molecular flexibility index (Phi) is 4.99. The van der Waals surface area contributed by atoms with Crippen LogP contribution in [0.15, 0.2) is 47.4 Å². The Balaban J connectivity index is 1.59. The Morgan fingerprint density at radius 3 is 2.72 bits per heavy atom. The predicted octanol–water partition coefficient (Wildman–Crippen LogP) is 1.95. The monoisotopic (exact) mass is 361 g/mol. The molecule has 0 saturated heterocycles. The molecule has 2 aromatic carbocycles. The van der Waals surface area contributed by atoms with Crippen molar-refractivity contribution in [1.29, 1.82) is 0 Å². The van der Waals surface area contributed by atoms with Gasteiger partial charge >= 0.3 is 5.97 Å². The highest BCUT2D eigenvalue weighted by molar-refractivity contribution is 7.84. The van der Waals surface area contributed by atoms with E-state index in [1.807, 2.05) is 0 Å². The predicted molar refractivity (Wildman–Crippen MR) is 90.3 cm³/mol. The highest BCUT2D eigenvalue weighted by Gasteiger charge is 2.17. The number of benzene rings is 2. The van der Waals surface area contributed by atoms with Crippen molar-refractivity contribution in [2.75, 3.05) is 25.0 Å². The van der Waals surface area contributed by atoms with Gasteiger partial charge in [-0.2, -0.15) is 0 Å². The van der Waals surface area contributed by atoms with Crippen molar-refractivity contribution in [3.05, 3.63) is 48.0 Å². The molecule has 1 aliphatic rings. The molecule has 0 bridgehead atoms. The number of nitrogens with one attached hydrogen (secondary N) is 1. The van der Waals surface area contributed by atoms with E-state index >= 15 is 0 Å². The summed E-state index contributed by atoms with van der Waals surface area (Å²) < 4.78 is 27.1. The molecule has 1 heterocycles. The number of carbonyl (C=O) groups is 2. The first-order valence-electron chi connectivity index (χ1n) is 7.33. The molecule has 0 aromatic heterocycles. The number of hydrogen-bond donors (Lipinski definition) is 1. The SMILES string of the molecule is C[S@](=O)c1ccccc1C(=O)OCC(=O)Nc1ccc2c(c1)OCO2. The van der Waals surface area contributed by atoms with E-state index in [0.29, 0.717) is 22.1 Å². The molecule has 1 N–H and O–H groups in total. The van der Waals surface area contributed by atoms with Crippen molar-refractivity contribution in [3.8, 4) is 11.5 Å².